The van der Waals surface area contributed by atoms with Crippen LogP contribution in [0, 0.1) is 0 Å². The minimum Gasteiger partial charge on any atom is -0.493 e. The van der Waals surface area contributed by atoms with Crippen molar-refractivity contribution in [3.05, 3.63) is 72.6 Å². The van der Waals surface area contributed by atoms with Gasteiger partial charge in [-0.2, -0.15) is 0 Å². The van der Waals surface area contributed by atoms with Crippen molar-refractivity contribution in [2.75, 3.05) is 27.4 Å². The highest BCUT2D eigenvalue weighted by Gasteiger charge is 2.40. The molecule has 0 fully saturated rings. The minimum absolute atomic E-state index is 0.0460. The van der Waals surface area contributed by atoms with E-state index in [-0.39, 0.29) is 51.6 Å². The number of hydrogen-bond acceptors (Lipinski definition) is 11. The smallest absolute Gasteiger partial charge is 0.338 e. The molecular weight excluding hydrogens is 612 g/mol. The van der Waals surface area contributed by atoms with Crippen LogP contribution < -0.4 is 39.4 Å². The molecule has 1 aliphatic rings. The highest BCUT2D eigenvalue weighted by molar-refractivity contribution is 7.07. The third kappa shape index (κ3) is 6.91. The Morgan fingerprint density at radius 2 is 1.39 bits per heavy atom. The van der Waals surface area contributed by atoms with Crippen LogP contribution in [-0.2, 0) is 19.1 Å². The predicted octanol–water partition coefficient (Wildman–Crippen LogP) is 3.53. The number of fused-ring (bicyclic) bond motifs is 1. The van der Waals surface area contributed by atoms with E-state index in [0.717, 1.165) is 11.3 Å². The van der Waals surface area contributed by atoms with E-state index in [9.17, 15) is 14.4 Å². The summed E-state index contributed by atoms with van der Waals surface area (Å²) in [7, 11) is 3.03. The first kappa shape index (κ1) is 34.2. The van der Waals surface area contributed by atoms with Gasteiger partial charge in [-0.1, -0.05) is 12.1 Å². The number of rotatable bonds is 12. The molecule has 0 saturated heterocycles. The van der Waals surface area contributed by atoms with Crippen LogP contribution in [0.5, 0.6) is 23.0 Å². The summed E-state index contributed by atoms with van der Waals surface area (Å²) < 4.78 is 35.4. The van der Waals surface area contributed by atoms with E-state index < -0.39 is 23.4 Å². The van der Waals surface area contributed by atoms with Crippen LogP contribution in [0.1, 0.15) is 58.6 Å². The Balaban J connectivity index is 2.05. The molecule has 0 spiro atoms. The molecule has 0 amide bonds. The lowest BCUT2D eigenvalue weighted by atomic mass is 9.83. The zero-order valence-corrected chi connectivity index (χ0v) is 28.1. The van der Waals surface area contributed by atoms with Crippen LogP contribution in [0.15, 0.2) is 46.8 Å². The molecule has 1 aliphatic heterocycles. The Morgan fingerprint density at radius 3 is 1.93 bits per heavy atom. The number of carbonyl (C=O) groups is 2. The molecule has 0 saturated carbocycles. The Hall–Kier alpha value is -4.71. The first-order chi connectivity index (χ1) is 21.9. The van der Waals surface area contributed by atoms with Gasteiger partial charge in [0.2, 0.25) is 0 Å². The van der Waals surface area contributed by atoms with E-state index in [1.807, 2.05) is 27.7 Å². The van der Waals surface area contributed by atoms with E-state index in [1.54, 1.807) is 56.3 Å². The van der Waals surface area contributed by atoms with Crippen molar-refractivity contribution in [3.63, 3.8) is 0 Å². The van der Waals surface area contributed by atoms with E-state index in [4.69, 9.17) is 34.2 Å². The molecule has 1 aromatic heterocycles. The molecule has 12 heteroatoms. The molecule has 246 valence electrons. The topological polar surface area (TPSA) is 138 Å². The summed E-state index contributed by atoms with van der Waals surface area (Å²) >= 11 is 1.06. The van der Waals surface area contributed by atoms with Crippen LogP contribution in [-0.4, -0.2) is 56.1 Å². The fourth-order valence-corrected chi connectivity index (χ4v) is 6.25. The summed E-state index contributed by atoms with van der Waals surface area (Å²) in [5.41, 5.74) is 7.27. The number of thiazole rings is 1. The molecule has 0 aliphatic carbocycles. The van der Waals surface area contributed by atoms with Crippen molar-refractivity contribution in [2.24, 2.45) is 5.73 Å². The number of carbonyl (C=O) groups excluding carboxylic acids is 2. The van der Waals surface area contributed by atoms with Gasteiger partial charge in [0, 0.05) is 0 Å². The highest BCUT2D eigenvalue weighted by atomic mass is 32.1. The SMILES string of the molecule is CCOC(=O)C1=C(N)n2c(sc(=Cc3ccc(OC(C)C)c(OC)c3)c2=O)=C(C(=O)OCC)[C@@H]1c1ccc(OC(C)C)c(OC)c1. The number of aromatic nitrogens is 1. The van der Waals surface area contributed by atoms with Crippen LogP contribution in [0.2, 0.25) is 0 Å². The molecule has 3 aromatic rings. The molecule has 0 unspecified atom stereocenters. The largest absolute Gasteiger partial charge is 0.493 e. The second-order valence-electron chi connectivity index (χ2n) is 10.8. The monoisotopic (exact) mass is 652 g/mol. The summed E-state index contributed by atoms with van der Waals surface area (Å²) in [6.07, 6.45) is 1.47. The van der Waals surface area contributed by atoms with Gasteiger partial charge < -0.3 is 34.2 Å². The van der Waals surface area contributed by atoms with Crippen LogP contribution in [0.4, 0.5) is 0 Å². The van der Waals surface area contributed by atoms with Gasteiger partial charge in [-0.3, -0.25) is 9.36 Å². The lowest BCUT2D eigenvalue weighted by Crippen LogP contribution is -2.42. The number of methoxy groups -OCH3 is 2. The number of hydrogen-bond donors (Lipinski definition) is 1. The van der Waals surface area contributed by atoms with Crippen molar-refractivity contribution >= 4 is 40.7 Å². The third-order valence-corrected chi connectivity index (χ3v) is 7.98. The Labute approximate surface area is 271 Å². The molecule has 0 radical (unpaired) electrons. The van der Waals surface area contributed by atoms with Crippen LogP contribution >= 0.6 is 11.3 Å². The summed E-state index contributed by atoms with van der Waals surface area (Å²) in [4.78, 5) is 41.3. The van der Waals surface area contributed by atoms with Gasteiger partial charge in [0.1, 0.15) is 10.5 Å². The molecule has 1 atom stereocenters. The molecule has 46 heavy (non-hydrogen) atoms. The highest BCUT2D eigenvalue weighted by Crippen LogP contribution is 2.41. The molecular formula is C34H40N2O9S. The van der Waals surface area contributed by atoms with Gasteiger partial charge in [-0.25, -0.2) is 9.59 Å². The lowest BCUT2D eigenvalue weighted by Gasteiger charge is -2.27. The van der Waals surface area contributed by atoms with Crippen molar-refractivity contribution in [3.8, 4) is 23.0 Å². The van der Waals surface area contributed by atoms with Gasteiger partial charge >= 0.3 is 11.9 Å². The summed E-state index contributed by atoms with van der Waals surface area (Å²) in [6.45, 7) is 11.0. The van der Waals surface area contributed by atoms with Gasteiger partial charge in [0.25, 0.3) is 5.56 Å². The van der Waals surface area contributed by atoms with E-state index in [2.05, 4.69) is 0 Å². The van der Waals surface area contributed by atoms with Crippen molar-refractivity contribution in [2.45, 2.75) is 59.7 Å². The molecule has 2 N–H and O–H groups in total. The second kappa shape index (κ2) is 14.6. The van der Waals surface area contributed by atoms with Gasteiger partial charge in [-0.15, -0.1) is 11.3 Å². The van der Waals surface area contributed by atoms with E-state index >= 15 is 0 Å². The van der Waals surface area contributed by atoms with Crippen LogP contribution in [0.25, 0.3) is 17.5 Å². The number of nitrogens with zero attached hydrogens (tertiary/aromatic N) is 1. The van der Waals surface area contributed by atoms with Gasteiger partial charge in [-0.05, 0) is 83.0 Å². The molecule has 0 bridgehead atoms. The molecule has 4 rings (SSSR count). The Morgan fingerprint density at radius 1 is 0.848 bits per heavy atom. The first-order valence-corrected chi connectivity index (χ1v) is 15.8. The lowest BCUT2D eigenvalue weighted by molar-refractivity contribution is -0.138. The number of ether oxygens (including phenoxy) is 6. The maximum absolute atomic E-state index is 14.0. The molecule has 2 heterocycles. The maximum Gasteiger partial charge on any atom is 0.338 e. The van der Waals surface area contributed by atoms with E-state index in [0.29, 0.717) is 34.1 Å². The number of esters is 2. The normalized spacial score (nSPS) is 14.8. The predicted molar refractivity (Wildman–Crippen MR) is 176 cm³/mol. The average Bonchev–Trinajstić information content (AvgIpc) is 3.32. The van der Waals surface area contributed by atoms with Crippen molar-refractivity contribution in [1.82, 2.24) is 4.57 Å². The maximum atomic E-state index is 14.0. The van der Waals surface area contributed by atoms with Crippen LogP contribution in [0.3, 0.4) is 0 Å². The summed E-state index contributed by atoms with van der Waals surface area (Å²) in [6, 6.07) is 10.4. The fraction of sp³-hybridized carbons (Fsp3) is 0.382. The zero-order chi connectivity index (χ0) is 33.7. The number of nitrogens with two attached hydrogens (primary N) is 1. The third-order valence-electron chi connectivity index (χ3n) is 6.87. The standard InChI is InChI=1S/C34H40N2O9S/c1-9-42-33(38)28-27(21-12-14-23(45-19(5)6)25(17-21)41-8)29(34(39)43-10-2)32-36(30(28)35)31(37)26(46-32)16-20-11-13-22(44-18(3)4)24(15-20)40-7/h11-19,27H,9-10,35H2,1-8H3/t27-/m1/s1. The quantitative estimate of drug-likeness (QED) is 0.289. The van der Waals surface area contributed by atoms with E-state index in [1.165, 1.54) is 18.8 Å². The van der Waals surface area contributed by atoms with Gasteiger partial charge in [0.15, 0.2) is 23.0 Å². The first-order valence-electron chi connectivity index (χ1n) is 15.0. The number of benzene rings is 2. The van der Waals surface area contributed by atoms with Crippen molar-refractivity contribution < 1.29 is 38.0 Å². The zero-order valence-electron chi connectivity index (χ0n) is 27.3. The summed E-state index contributed by atoms with van der Waals surface area (Å²) in [5, 5.41) is 0. The summed E-state index contributed by atoms with van der Waals surface area (Å²) in [5.74, 6) is -0.747. The Kier molecular flexibility index (Phi) is 10.8. The minimum atomic E-state index is -1.04. The van der Waals surface area contributed by atoms with Gasteiger partial charge in [0.05, 0.1) is 61.2 Å². The molecule has 2 aromatic carbocycles. The van der Waals surface area contributed by atoms with Crippen molar-refractivity contribution in [1.29, 1.82) is 0 Å². The fourth-order valence-electron chi connectivity index (χ4n) is 5.09. The Bertz CT molecular complexity index is 1840. The average molecular weight is 653 g/mol. The second-order valence-corrected chi connectivity index (χ2v) is 11.8. The molecule has 11 nitrogen and oxygen atoms in total.